The average molecular weight is 468 g/mol. The molecule has 1 amide bonds. The summed E-state index contributed by atoms with van der Waals surface area (Å²) in [5.74, 6) is 0.836. The van der Waals surface area contributed by atoms with Gasteiger partial charge in [0.2, 0.25) is 17.6 Å². The van der Waals surface area contributed by atoms with Gasteiger partial charge < -0.3 is 9.84 Å². The molecule has 3 aromatic rings. The van der Waals surface area contributed by atoms with E-state index >= 15 is 0 Å². The van der Waals surface area contributed by atoms with E-state index in [1.165, 1.54) is 0 Å². The summed E-state index contributed by atoms with van der Waals surface area (Å²) in [6, 6.07) is 13.2. The molecule has 1 heterocycles. The van der Waals surface area contributed by atoms with Crippen molar-refractivity contribution in [3.8, 4) is 11.4 Å². The van der Waals surface area contributed by atoms with Gasteiger partial charge in [0.15, 0.2) is 0 Å². The number of carbonyl (C=O) groups is 1. The zero-order chi connectivity index (χ0) is 17.8. The number of hydrogen-bond acceptors (Lipinski definition) is 4. The molecule has 2 aromatic carbocycles. The summed E-state index contributed by atoms with van der Waals surface area (Å²) in [4.78, 5) is 16.5. The van der Waals surface area contributed by atoms with Crippen molar-refractivity contribution in [1.82, 2.24) is 10.1 Å². The van der Waals surface area contributed by atoms with Crippen molar-refractivity contribution in [1.29, 1.82) is 0 Å². The van der Waals surface area contributed by atoms with Crippen LogP contribution in [0.5, 0.6) is 0 Å². The van der Waals surface area contributed by atoms with E-state index in [1.54, 1.807) is 12.1 Å². The van der Waals surface area contributed by atoms with Gasteiger partial charge in [-0.05, 0) is 59.3 Å². The maximum absolute atomic E-state index is 12.1. The van der Waals surface area contributed by atoms with Gasteiger partial charge in [-0.1, -0.05) is 35.0 Å². The van der Waals surface area contributed by atoms with Gasteiger partial charge in [-0.15, -0.1) is 0 Å². The molecule has 0 unspecified atom stereocenters. The van der Waals surface area contributed by atoms with E-state index in [-0.39, 0.29) is 12.3 Å². The fourth-order valence-electron chi connectivity index (χ4n) is 2.25. The molecular formula is C18H15ClIN3O2. The minimum atomic E-state index is -0.126. The summed E-state index contributed by atoms with van der Waals surface area (Å²) in [6.45, 7) is 1.86. The molecule has 5 nitrogen and oxygen atoms in total. The Balaban J connectivity index is 1.59. The van der Waals surface area contributed by atoms with Crippen LogP contribution in [0.4, 0.5) is 5.69 Å². The van der Waals surface area contributed by atoms with Gasteiger partial charge in [-0.3, -0.25) is 4.79 Å². The first-order chi connectivity index (χ1) is 12.0. The minimum absolute atomic E-state index is 0.126. The average Bonchev–Trinajstić information content (AvgIpc) is 3.07. The van der Waals surface area contributed by atoms with Crippen LogP contribution in [0, 0.1) is 10.5 Å². The highest BCUT2D eigenvalue weighted by molar-refractivity contribution is 14.1. The summed E-state index contributed by atoms with van der Waals surface area (Å²) < 4.78 is 6.37. The van der Waals surface area contributed by atoms with Crippen LogP contribution in [0.2, 0.25) is 5.02 Å². The van der Waals surface area contributed by atoms with Crippen molar-refractivity contribution in [2.75, 3.05) is 5.32 Å². The van der Waals surface area contributed by atoms with E-state index in [4.69, 9.17) is 16.1 Å². The number of aromatic nitrogens is 2. The molecule has 128 valence electrons. The van der Waals surface area contributed by atoms with Crippen molar-refractivity contribution in [2.45, 2.75) is 19.8 Å². The number of carbonyl (C=O) groups excluding carboxylic acids is 1. The SMILES string of the molecule is Cc1c(Cl)cccc1NC(=O)CCc1nc(-c2ccc(I)cc2)no1. The molecule has 0 atom stereocenters. The largest absolute Gasteiger partial charge is 0.339 e. The molecule has 0 radical (unpaired) electrons. The van der Waals surface area contributed by atoms with Crippen molar-refractivity contribution in [2.24, 2.45) is 0 Å². The number of benzene rings is 2. The van der Waals surface area contributed by atoms with Gasteiger partial charge in [0.25, 0.3) is 0 Å². The van der Waals surface area contributed by atoms with Gasteiger partial charge in [-0.2, -0.15) is 4.98 Å². The highest BCUT2D eigenvalue weighted by Crippen LogP contribution is 2.23. The highest BCUT2D eigenvalue weighted by Gasteiger charge is 2.12. The zero-order valence-electron chi connectivity index (χ0n) is 13.4. The Labute approximate surface area is 163 Å². The van der Waals surface area contributed by atoms with E-state index in [9.17, 15) is 4.79 Å². The topological polar surface area (TPSA) is 68.0 Å². The summed E-state index contributed by atoms with van der Waals surface area (Å²) >= 11 is 8.29. The quantitative estimate of drug-likeness (QED) is 0.543. The van der Waals surface area contributed by atoms with E-state index in [0.717, 1.165) is 14.7 Å². The summed E-state index contributed by atoms with van der Waals surface area (Å²) in [7, 11) is 0. The van der Waals surface area contributed by atoms with Crippen LogP contribution >= 0.6 is 34.2 Å². The molecule has 1 N–H and O–H groups in total. The Morgan fingerprint density at radius 2 is 2.00 bits per heavy atom. The molecule has 7 heteroatoms. The Hall–Kier alpha value is -1.93. The first-order valence-electron chi connectivity index (χ1n) is 7.66. The predicted molar refractivity (Wildman–Crippen MR) is 106 cm³/mol. The normalized spacial score (nSPS) is 10.7. The molecule has 1 aromatic heterocycles. The van der Waals surface area contributed by atoms with Crippen molar-refractivity contribution < 1.29 is 9.32 Å². The third-order valence-corrected chi connectivity index (χ3v) is 4.81. The molecular weight excluding hydrogens is 453 g/mol. The van der Waals surface area contributed by atoms with E-state index in [0.29, 0.717) is 28.8 Å². The maximum Gasteiger partial charge on any atom is 0.227 e. The number of rotatable bonds is 5. The lowest BCUT2D eigenvalue weighted by Gasteiger charge is -2.08. The van der Waals surface area contributed by atoms with Crippen molar-refractivity contribution >= 4 is 45.8 Å². The third-order valence-electron chi connectivity index (χ3n) is 3.68. The first-order valence-corrected chi connectivity index (χ1v) is 9.12. The van der Waals surface area contributed by atoms with Crippen molar-refractivity contribution in [3.05, 3.63) is 62.5 Å². The summed E-state index contributed by atoms with van der Waals surface area (Å²) in [5, 5.41) is 7.44. The second-order valence-electron chi connectivity index (χ2n) is 5.48. The monoisotopic (exact) mass is 467 g/mol. The van der Waals surface area contributed by atoms with E-state index in [2.05, 4.69) is 38.0 Å². The highest BCUT2D eigenvalue weighted by atomic mass is 127. The number of nitrogens with zero attached hydrogens (tertiary/aromatic N) is 2. The fourth-order valence-corrected chi connectivity index (χ4v) is 2.78. The molecule has 0 aliphatic rings. The van der Waals surface area contributed by atoms with Gasteiger partial charge >= 0.3 is 0 Å². The van der Waals surface area contributed by atoms with Gasteiger partial charge in [0.1, 0.15) is 0 Å². The predicted octanol–water partition coefficient (Wildman–Crippen LogP) is 4.87. The van der Waals surface area contributed by atoms with E-state index < -0.39 is 0 Å². The van der Waals surface area contributed by atoms with Gasteiger partial charge in [0, 0.05) is 32.7 Å². The van der Waals surface area contributed by atoms with Crippen molar-refractivity contribution in [3.63, 3.8) is 0 Å². The molecule has 0 saturated carbocycles. The zero-order valence-corrected chi connectivity index (χ0v) is 16.3. The standard InChI is InChI=1S/C18H15ClIN3O2/c1-11-14(19)3-2-4-15(11)21-16(24)9-10-17-22-18(23-25-17)12-5-7-13(20)8-6-12/h2-8H,9-10H2,1H3,(H,21,24). The lowest BCUT2D eigenvalue weighted by molar-refractivity contribution is -0.116. The van der Waals surface area contributed by atoms with Crippen LogP contribution < -0.4 is 5.32 Å². The Bertz CT molecular complexity index is 894. The van der Waals surface area contributed by atoms with Crippen LogP contribution in [0.1, 0.15) is 17.9 Å². The summed E-state index contributed by atoms with van der Waals surface area (Å²) in [5.41, 5.74) is 2.44. The molecule has 25 heavy (non-hydrogen) atoms. The Morgan fingerprint density at radius 3 is 2.76 bits per heavy atom. The third kappa shape index (κ3) is 4.58. The smallest absolute Gasteiger partial charge is 0.227 e. The molecule has 0 spiro atoms. The number of nitrogens with one attached hydrogen (secondary N) is 1. The second kappa shape index (κ2) is 7.97. The summed E-state index contributed by atoms with van der Waals surface area (Å²) in [6.07, 6.45) is 0.628. The van der Waals surface area contributed by atoms with Crippen LogP contribution in [-0.4, -0.2) is 16.0 Å². The molecule has 0 aliphatic carbocycles. The molecule has 0 fully saturated rings. The number of amides is 1. The molecule has 3 rings (SSSR count). The fraction of sp³-hybridized carbons (Fsp3) is 0.167. The molecule has 0 aliphatic heterocycles. The van der Waals surface area contributed by atoms with E-state index in [1.807, 2.05) is 37.3 Å². The molecule has 0 bridgehead atoms. The second-order valence-corrected chi connectivity index (χ2v) is 7.13. The van der Waals surface area contributed by atoms with Crippen LogP contribution in [0.3, 0.4) is 0 Å². The number of aryl methyl sites for hydroxylation is 1. The van der Waals surface area contributed by atoms with Crippen LogP contribution in [0.25, 0.3) is 11.4 Å². The van der Waals surface area contributed by atoms with Crippen LogP contribution in [0.15, 0.2) is 47.0 Å². The Kier molecular flexibility index (Phi) is 5.70. The lowest BCUT2D eigenvalue weighted by Crippen LogP contribution is -2.13. The number of hydrogen-bond donors (Lipinski definition) is 1. The number of anilines is 1. The lowest BCUT2D eigenvalue weighted by atomic mass is 10.2. The maximum atomic E-state index is 12.1. The number of halogens is 2. The van der Waals surface area contributed by atoms with Gasteiger partial charge in [-0.25, -0.2) is 0 Å². The van der Waals surface area contributed by atoms with Crippen LogP contribution in [-0.2, 0) is 11.2 Å². The minimum Gasteiger partial charge on any atom is -0.339 e. The molecule has 0 saturated heterocycles. The van der Waals surface area contributed by atoms with Gasteiger partial charge in [0.05, 0.1) is 0 Å². The Morgan fingerprint density at radius 1 is 1.24 bits per heavy atom. The first kappa shape index (κ1) is 17.9.